The van der Waals surface area contributed by atoms with Crippen molar-refractivity contribution in [3.8, 4) is 0 Å². The summed E-state index contributed by atoms with van der Waals surface area (Å²) in [7, 11) is 0. The van der Waals surface area contributed by atoms with Crippen LogP contribution in [0.25, 0.3) is 0 Å². The first-order valence-corrected chi connectivity index (χ1v) is 6.76. The van der Waals surface area contributed by atoms with Crippen molar-refractivity contribution in [2.24, 2.45) is 5.73 Å². The van der Waals surface area contributed by atoms with Crippen LogP contribution in [0.15, 0.2) is 29.1 Å². The summed E-state index contributed by atoms with van der Waals surface area (Å²) >= 11 is 0. The molecule has 0 amide bonds. The molecule has 0 saturated heterocycles. The summed E-state index contributed by atoms with van der Waals surface area (Å²) in [6, 6.07) is 7.88. The average Bonchev–Trinajstić information content (AvgIpc) is 2.33. The van der Waals surface area contributed by atoms with Crippen molar-refractivity contribution in [3.05, 3.63) is 62.8 Å². The third-order valence-electron chi connectivity index (χ3n) is 3.55. The molecule has 1 aromatic carbocycles. The molecule has 0 radical (unpaired) electrons. The summed E-state index contributed by atoms with van der Waals surface area (Å²) in [5, 5.41) is 0. The average molecular weight is 271 g/mol. The Labute approximate surface area is 119 Å². The van der Waals surface area contributed by atoms with Crippen LogP contribution in [-0.2, 0) is 6.54 Å². The second kappa shape index (κ2) is 5.59. The van der Waals surface area contributed by atoms with E-state index in [-0.39, 0.29) is 11.7 Å². The van der Waals surface area contributed by atoms with Crippen LogP contribution in [0.3, 0.4) is 0 Å². The Kier molecular flexibility index (Phi) is 4.04. The van der Waals surface area contributed by atoms with Gasteiger partial charge in [0.1, 0.15) is 0 Å². The van der Waals surface area contributed by atoms with E-state index in [0.717, 1.165) is 22.5 Å². The number of nitrogens with two attached hydrogens (primary N) is 1. The van der Waals surface area contributed by atoms with E-state index in [4.69, 9.17) is 5.73 Å². The lowest BCUT2D eigenvalue weighted by Gasteiger charge is -2.18. The zero-order chi connectivity index (χ0) is 14.9. The van der Waals surface area contributed by atoms with Crippen LogP contribution in [0.5, 0.6) is 0 Å². The van der Waals surface area contributed by atoms with Gasteiger partial charge in [-0.05, 0) is 44.9 Å². The van der Waals surface area contributed by atoms with Gasteiger partial charge in [-0.2, -0.15) is 4.98 Å². The molecule has 2 rings (SSSR count). The fourth-order valence-electron chi connectivity index (χ4n) is 2.53. The van der Waals surface area contributed by atoms with E-state index in [9.17, 15) is 4.79 Å². The van der Waals surface area contributed by atoms with Gasteiger partial charge in [0.05, 0.1) is 0 Å². The zero-order valence-corrected chi connectivity index (χ0v) is 12.5. The highest BCUT2D eigenvalue weighted by molar-refractivity contribution is 5.32. The van der Waals surface area contributed by atoms with E-state index in [0.29, 0.717) is 6.54 Å². The Morgan fingerprint density at radius 2 is 1.90 bits per heavy atom. The van der Waals surface area contributed by atoms with Crippen LogP contribution >= 0.6 is 0 Å². The van der Waals surface area contributed by atoms with Gasteiger partial charge in [-0.25, -0.2) is 4.79 Å². The van der Waals surface area contributed by atoms with Crippen molar-refractivity contribution >= 4 is 0 Å². The predicted octanol–water partition coefficient (Wildman–Crippen LogP) is 2.18. The van der Waals surface area contributed by atoms with Crippen molar-refractivity contribution in [1.82, 2.24) is 9.55 Å². The van der Waals surface area contributed by atoms with Crippen molar-refractivity contribution in [3.63, 3.8) is 0 Å². The van der Waals surface area contributed by atoms with E-state index in [1.807, 2.05) is 39.0 Å². The van der Waals surface area contributed by atoms with Crippen molar-refractivity contribution < 1.29 is 0 Å². The van der Waals surface area contributed by atoms with Gasteiger partial charge in [-0.15, -0.1) is 0 Å². The van der Waals surface area contributed by atoms with Crippen molar-refractivity contribution in [1.29, 1.82) is 0 Å². The van der Waals surface area contributed by atoms with E-state index < -0.39 is 0 Å². The fraction of sp³-hybridized carbons (Fsp3) is 0.375. The summed E-state index contributed by atoms with van der Waals surface area (Å²) in [6.07, 6.45) is 0. The minimum Gasteiger partial charge on any atom is -0.322 e. The van der Waals surface area contributed by atoms with Gasteiger partial charge >= 0.3 is 5.69 Å². The lowest BCUT2D eigenvalue weighted by Crippen LogP contribution is -2.30. The molecule has 0 bridgehead atoms. The number of benzene rings is 1. The molecule has 1 heterocycles. The van der Waals surface area contributed by atoms with E-state index in [2.05, 4.69) is 18.0 Å². The molecule has 0 aliphatic heterocycles. The van der Waals surface area contributed by atoms with Crippen LogP contribution in [-0.4, -0.2) is 9.55 Å². The third-order valence-corrected chi connectivity index (χ3v) is 3.55. The lowest BCUT2D eigenvalue weighted by atomic mass is 9.99. The Morgan fingerprint density at radius 3 is 2.50 bits per heavy atom. The van der Waals surface area contributed by atoms with Gasteiger partial charge in [-0.3, -0.25) is 4.57 Å². The SMILES string of the molecule is Cc1ccc(C(N)Cn2c(C)cc(C)nc2=O)c(C)c1. The monoisotopic (exact) mass is 271 g/mol. The number of hydrogen-bond donors (Lipinski definition) is 1. The molecule has 2 N–H and O–H groups in total. The molecule has 1 atom stereocenters. The van der Waals surface area contributed by atoms with Gasteiger partial charge < -0.3 is 5.73 Å². The maximum Gasteiger partial charge on any atom is 0.348 e. The first-order chi connectivity index (χ1) is 9.38. The molecule has 0 aliphatic carbocycles. The highest BCUT2D eigenvalue weighted by atomic mass is 16.1. The van der Waals surface area contributed by atoms with Gasteiger partial charge in [0, 0.05) is 24.0 Å². The van der Waals surface area contributed by atoms with Gasteiger partial charge in [0.2, 0.25) is 0 Å². The summed E-state index contributed by atoms with van der Waals surface area (Å²) in [6.45, 7) is 8.28. The van der Waals surface area contributed by atoms with Crippen molar-refractivity contribution in [2.45, 2.75) is 40.3 Å². The lowest BCUT2D eigenvalue weighted by molar-refractivity contribution is 0.536. The minimum atomic E-state index is -0.234. The topological polar surface area (TPSA) is 60.9 Å². The third kappa shape index (κ3) is 2.96. The van der Waals surface area contributed by atoms with Crippen LogP contribution in [0.1, 0.15) is 34.1 Å². The largest absolute Gasteiger partial charge is 0.348 e. The molecule has 20 heavy (non-hydrogen) atoms. The minimum absolute atomic E-state index is 0.212. The highest BCUT2D eigenvalue weighted by Gasteiger charge is 2.12. The number of rotatable bonds is 3. The number of aryl methyl sites for hydroxylation is 4. The second-order valence-corrected chi connectivity index (χ2v) is 5.40. The molecule has 0 aliphatic rings. The van der Waals surface area contributed by atoms with Crippen LogP contribution < -0.4 is 11.4 Å². The number of aromatic nitrogens is 2. The molecule has 0 saturated carbocycles. The Bertz CT molecular complexity index is 689. The van der Waals surface area contributed by atoms with Crippen molar-refractivity contribution in [2.75, 3.05) is 0 Å². The highest BCUT2D eigenvalue weighted by Crippen LogP contribution is 2.18. The zero-order valence-electron chi connectivity index (χ0n) is 12.5. The Balaban J connectivity index is 2.33. The summed E-state index contributed by atoms with van der Waals surface area (Å²) in [4.78, 5) is 15.9. The van der Waals surface area contributed by atoms with E-state index >= 15 is 0 Å². The molecule has 1 aromatic heterocycles. The molecule has 106 valence electrons. The van der Waals surface area contributed by atoms with E-state index in [1.54, 1.807) is 4.57 Å². The normalized spacial score (nSPS) is 12.4. The van der Waals surface area contributed by atoms with Crippen LogP contribution in [0.2, 0.25) is 0 Å². The molecule has 0 fully saturated rings. The second-order valence-electron chi connectivity index (χ2n) is 5.40. The number of nitrogens with zero attached hydrogens (tertiary/aromatic N) is 2. The van der Waals surface area contributed by atoms with Crippen LogP contribution in [0.4, 0.5) is 0 Å². The first-order valence-electron chi connectivity index (χ1n) is 6.76. The smallest absolute Gasteiger partial charge is 0.322 e. The maximum absolute atomic E-state index is 12.0. The summed E-state index contributed by atoms with van der Waals surface area (Å²) in [5.41, 5.74) is 11.1. The standard InChI is InChI=1S/C16H21N3O/c1-10-5-6-14(11(2)7-10)15(17)9-19-13(4)8-12(3)18-16(19)20/h5-8,15H,9,17H2,1-4H3. The molecule has 2 aromatic rings. The van der Waals surface area contributed by atoms with Gasteiger partial charge in [0.25, 0.3) is 0 Å². The Morgan fingerprint density at radius 1 is 1.20 bits per heavy atom. The molecule has 0 spiro atoms. The molecule has 4 nitrogen and oxygen atoms in total. The summed E-state index contributed by atoms with van der Waals surface area (Å²) < 4.78 is 1.64. The van der Waals surface area contributed by atoms with E-state index in [1.165, 1.54) is 5.56 Å². The first kappa shape index (κ1) is 14.5. The fourth-order valence-corrected chi connectivity index (χ4v) is 2.53. The maximum atomic E-state index is 12.0. The molecular formula is C16H21N3O. The quantitative estimate of drug-likeness (QED) is 0.930. The molecule has 4 heteroatoms. The van der Waals surface area contributed by atoms with Gasteiger partial charge in [0.15, 0.2) is 0 Å². The van der Waals surface area contributed by atoms with Gasteiger partial charge in [-0.1, -0.05) is 23.8 Å². The molecule has 1 unspecified atom stereocenters. The Hall–Kier alpha value is -1.94. The molecular weight excluding hydrogens is 250 g/mol. The predicted molar refractivity (Wildman–Crippen MR) is 80.8 cm³/mol. The summed E-state index contributed by atoms with van der Waals surface area (Å²) in [5.74, 6) is 0. The number of hydrogen-bond acceptors (Lipinski definition) is 3. The van der Waals surface area contributed by atoms with Crippen LogP contribution in [0, 0.1) is 27.7 Å².